The highest BCUT2D eigenvalue weighted by Gasteiger charge is 2.15. The van der Waals surface area contributed by atoms with E-state index < -0.39 is 0 Å². The zero-order valence-electron chi connectivity index (χ0n) is 18.5. The second-order valence-corrected chi connectivity index (χ2v) is 8.56. The molecule has 0 aromatic heterocycles. The van der Waals surface area contributed by atoms with Gasteiger partial charge in [0.1, 0.15) is 0 Å². The van der Waals surface area contributed by atoms with Gasteiger partial charge in [0.25, 0.3) is 5.91 Å². The molecule has 5 nitrogen and oxygen atoms in total. The molecule has 162 valence electrons. The second-order valence-electron chi connectivity index (χ2n) is 8.15. The van der Waals surface area contributed by atoms with E-state index in [1.807, 2.05) is 42.5 Å². The van der Waals surface area contributed by atoms with Gasteiger partial charge in [-0.1, -0.05) is 52.3 Å². The number of amides is 1. The highest BCUT2D eigenvalue weighted by Crippen LogP contribution is 2.28. The molecule has 0 saturated carbocycles. The Kier molecular flexibility index (Phi) is 8.66. The van der Waals surface area contributed by atoms with Crippen molar-refractivity contribution in [1.82, 2.24) is 10.6 Å². The fraction of sp³-hybridized carbons (Fsp3) is 0.417. The number of benzene rings is 2. The summed E-state index contributed by atoms with van der Waals surface area (Å²) in [6.07, 6.45) is 2.08. The standard InChI is InChI=1S/C24H32N2O3S/c1-6-7-14-29-20-13-8-17(15-21(20)28-5)16-25-23(30)26-22(27)18-9-11-19(12-10-18)24(2,3)4/h8-13,15H,6-7,14,16H2,1-5H3,(H2,25,26,27,30). The minimum absolute atomic E-state index is 0.0451. The van der Waals surface area contributed by atoms with Crippen molar-refractivity contribution in [2.24, 2.45) is 0 Å². The molecule has 0 aliphatic heterocycles. The van der Waals surface area contributed by atoms with Gasteiger partial charge in [0, 0.05) is 12.1 Å². The third-order valence-corrected chi connectivity index (χ3v) is 4.92. The lowest BCUT2D eigenvalue weighted by Gasteiger charge is -2.19. The third-order valence-electron chi connectivity index (χ3n) is 4.68. The van der Waals surface area contributed by atoms with Crippen molar-refractivity contribution in [3.8, 4) is 11.5 Å². The van der Waals surface area contributed by atoms with Crippen LogP contribution in [0.15, 0.2) is 42.5 Å². The summed E-state index contributed by atoms with van der Waals surface area (Å²) in [5, 5.41) is 6.07. The molecule has 2 aromatic rings. The van der Waals surface area contributed by atoms with Gasteiger partial charge in [-0.25, -0.2) is 0 Å². The van der Waals surface area contributed by atoms with E-state index in [1.165, 1.54) is 5.56 Å². The van der Waals surface area contributed by atoms with Gasteiger partial charge < -0.3 is 14.8 Å². The molecule has 0 unspecified atom stereocenters. The first kappa shape index (κ1) is 23.7. The average molecular weight is 429 g/mol. The molecule has 0 heterocycles. The number of hydrogen-bond acceptors (Lipinski definition) is 4. The van der Waals surface area contributed by atoms with Gasteiger partial charge in [-0.2, -0.15) is 0 Å². The molecule has 0 radical (unpaired) electrons. The Labute approximate surface area is 185 Å². The highest BCUT2D eigenvalue weighted by molar-refractivity contribution is 7.80. The first-order valence-corrected chi connectivity index (χ1v) is 10.6. The Hall–Kier alpha value is -2.60. The fourth-order valence-corrected chi connectivity index (χ4v) is 2.96. The summed E-state index contributed by atoms with van der Waals surface area (Å²) in [6.45, 7) is 9.67. The van der Waals surface area contributed by atoms with Crippen molar-refractivity contribution in [2.75, 3.05) is 13.7 Å². The number of unbranched alkanes of at least 4 members (excludes halogenated alkanes) is 1. The number of rotatable bonds is 8. The predicted octanol–water partition coefficient (Wildman–Crippen LogP) is 4.98. The molecule has 30 heavy (non-hydrogen) atoms. The summed E-state index contributed by atoms with van der Waals surface area (Å²) in [7, 11) is 1.62. The van der Waals surface area contributed by atoms with Crippen LogP contribution in [0.3, 0.4) is 0 Å². The van der Waals surface area contributed by atoms with Crippen LogP contribution in [0, 0.1) is 0 Å². The van der Waals surface area contributed by atoms with Gasteiger partial charge in [-0.05, 0) is 59.4 Å². The normalized spacial score (nSPS) is 11.0. The van der Waals surface area contributed by atoms with Crippen LogP contribution in [-0.4, -0.2) is 24.7 Å². The number of carbonyl (C=O) groups excluding carboxylic acids is 1. The van der Waals surface area contributed by atoms with Gasteiger partial charge in [0.2, 0.25) is 0 Å². The first-order valence-electron chi connectivity index (χ1n) is 10.2. The average Bonchev–Trinajstić information content (AvgIpc) is 2.72. The molecular weight excluding hydrogens is 396 g/mol. The summed E-state index contributed by atoms with van der Waals surface area (Å²) < 4.78 is 11.2. The summed E-state index contributed by atoms with van der Waals surface area (Å²) in [6, 6.07) is 13.3. The molecular formula is C24H32N2O3S. The summed E-state index contributed by atoms with van der Waals surface area (Å²) in [5.74, 6) is 1.17. The van der Waals surface area contributed by atoms with Gasteiger partial charge in [0.15, 0.2) is 16.6 Å². The van der Waals surface area contributed by atoms with E-state index in [4.69, 9.17) is 21.7 Å². The largest absolute Gasteiger partial charge is 0.493 e. The van der Waals surface area contributed by atoms with E-state index in [9.17, 15) is 4.79 Å². The van der Waals surface area contributed by atoms with Crippen LogP contribution in [0.5, 0.6) is 11.5 Å². The van der Waals surface area contributed by atoms with E-state index in [2.05, 4.69) is 38.3 Å². The molecule has 0 aliphatic rings. The van der Waals surface area contributed by atoms with Gasteiger partial charge in [-0.15, -0.1) is 0 Å². The molecule has 0 bridgehead atoms. The Morgan fingerprint density at radius 3 is 2.37 bits per heavy atom. The van der Waals surface area contributed by atoms with E-state index >= 15 is 0 Å². The molecule has 2 rings (SSSR count). The maximum Gasteiger partial charge on any atom is 0.257 e. The molecule has 0 spiro atoms. The Morgan fingerprint density at radius 2 is 1.77 bits per heavy atom. The molecule has 2 N–H and O–H groups in total. The van der Waals surface area contributed by atoms with Crippen LogP contribution >= 0.6 is 12.2 Å². The molecule has 1 amide bonds. The minimum atomic E-state index is -0.231. The number of hydrogen-bond donors (Lipinski definition) is 2. The van der Waals surface area contributed by atoms with Crippen LogP contribution in [0.2, 0.25) is 0 Å². The lowest BCUT2D eigenvalue weighted by atomic mass is 9.87. The number of nitrogens with one attached hydrogen (secondary N) is 2. The van der Waals surface area contributed by atoms with Gasteiger partial charge >= 0.3 is 0 Å². The Balaban J connectivity index is 1.90. The van der Waals surface area contributed by atoms with Crippen LogP contribution < -0.4 is 20.1 Å². The van der Waals surface area contributed by atoms with E-state index in [0.717, 1.165) is 24.2 Å². The topological polar surface area (TPSA) is 59.6 Å². The van der Waals surface area contributed by atoms with Crippen LogP contribution in [0.1, 0.15) is 62.0 Å². The summed E-state index contributed by atoms with van der Waals surface area (Å²) >= 11 is 5.27. The molecule has 0 aliphatic carbocycles. The highest BCUT2D eigenvalue weighted by atomic mass is 32.1. The van der Waals surface area contributed by atoms with Crippen molar-refractivity contribution in [3.05, 3.63) is 59.2 Å². The van der Waals surface area contributed by atoms with Crippen LogP contribution in [0.4, 0.5) is 0 Å². The second kappa shape index (κ2) is 11.0. The monoisotopic (exact) mass is 428 g/mol. The zero-order chi connectivity index (χ0) is 22.1. The quantitative estimate of drug-likeness (QED) is 0.459. The van der Waals surface area contributed by atoms with E-state index in [0.29, 0.717) is 24.5 Å². The first-order chi connectivity index (χ1) is 14.2. The number of thiocarbonyl (C=S) groups is 1. The Morgan fingerprint density at radius 1 is 1.07 bits per heavy atom. The minimum Gasteiger partial charge on any atom is -0.493 e. The smallest absolute Gasteiger partial charge is 0.257 e. The summed E-state index contributed by atoms with van der Waals surface area (Å²) in [5.41, 5.74) is 2.77. The SMILES string of the molecule is CCCCOc1ccc(CNC(=S)NC(=O)c2ccc(C(C)(C)C)cc2)cc1OC. The van der Waals surface area contributed by atoms with Gasteiger partial charge in [-0.3, -0.25) is 10.1 Å². The maximum atomic E-state index is 12.4. The number of carbonyl (C=O) groups is 1. The predicted molar refractivity (Wildman–Crippen MR) is 125 cm³/mol. The fourth-order valence-electron chi connectivity index (χ4n) is 2.79. The number of methoxy groups -OCH3 is 1. The number of ether oxygens (including phenoxy) is 2. The molecule has 6 heteroatoms. The molecule has 0 saturated heterocycles. The van der Waals surface area contributed by atoms with Crippen molar-refractivity contribution >= 4 is 23.2 Å². The van der Waals surface area contributed by atoms with Crippen molar-refractivity contribution < 1.29 is 14.3 Å². The Bertz CT molecular complexity index is 858. The van der Waals surface area contributed by atoms with Crippen LogP contribution in [-0.2, 0) is 12.0 Å². The zero-order valence-corrected chi connectivity index (χ0v) is 19.3. The molecule has 2 aromatic carbocycles. The lowest BCUT2D eigenvalue weighted by molar-refractivity contribution is 0.0976. The van der Waals surface area contributed by atoms with E-state index in [-0.39, 0.29) is 16.4 Å². The maximum absolute atomic E-state index is 12.4. The van der Waals surface area contributed by atoms with Gasteiger partial charge in [0.05, 0.1) is 13.7 Å². The third kappa shape index (κ3) is 7.02. The van der Waals surface area contributed by atoms with Crippen molar-refractivity contribution in [2.45, 2.75) is 52.5 Å². The summed E-state index contributed by atoms with van der Waals surface area (Å²) in [4.78, 5) is 12.4. The van der Waals surface area contributed by atoms with Crippen molar-refractivity contribution in [1.29, 1.82) is 0 Å². The van der Waals surface area contributed by atoms with Crippen LogP contribution in [0.25, 0.3) is 0 Å². The lowest BCUT2D eigenvalue weighted by Crippen LogP contribution is -2.38. The van der Waals surface area contributed by atoms with E-state index in [1.54, 1.807) is 7.11 Å². The van der Waals surface area contributed by atoms with Crippen molar-refractivity contribution in [3.63, 3.8) is 0 Å². The molecule has 0 atom stereocenters. The molecule has 0 fully saturated rings.